The SMILES string of the molecule is CCn1c(SCC(=O)c2ccc(Cl)cc2)nnc1-c1ccc(N2C(=O)c3ccccc3C2=O)cc1. The van der Waals surface area contributed by atoms with E-state index in [1.165, 1.54) is 16.7 Å². The summed E-state index contributed by atoms with van der Waals surface area (Å²) in [4.78, 5) is 39.2. The Labute approximate surface area is 210 Å². The van der Waals surface area contributed by atoms with Gasteiger partial charge < -0.3 is 4.57 Å². The van der Waals surface area contributed by atoms with Gasteiger partial charge in [-0.05, 0) is 67.6 Å². The van der Waals surface area contributed by atoms with Gasteiger partial charge in [0.15, 0.2) is 16.8 Å². The molecule has 0 unspecified atom stereocenters. The smallest absolute Gasteiger partial charge is 0.266 e. The highest BCUT2D eigenvalue weighted by atomic mass is 35.5. The van der Waals surface area contributed by atoms with E-state index >= 15 is 0 Å². The molecule has 0 atom stereocenters. The first-order chi connectivity index (χ1) is 17.0. The van der Waals surface area contributed by atoms with Gasteiger partial charge in [0.2, 0.25) is 0 Å². The third kappa shape index (κ3) is 4.26. The molecule has 0 spiro atoms. The Morgan fingerprint density at radius 3 is 2.11 bits per heavy atom. The zero-order chi connectivity index (χ0) is 24.5. The minimum absolute atomic E-state index is 0.0239. The lowest BCUT2D eigenvalue weighted by atomic mass is 10.1. The standard InChI is InChI=1S/C26H19ClN4O3S/c1-2-30-23(28-29-26(30)35-15-22(32)16-7-11-18(27)12-8-16)17-9-13-19(14-10-17)31-24(33)20-5-3-4-6-21(20)25(31)34/h3-14H,2,15H2,1H3. The van der Waals surface area contributed by atoms with Crippen molar-refractivity contribution in [1.29, 1.82) is 0 Å². The molecule has 2 amide bonds. The molecule has 1 aromatic heterocycles. The van der Waals surface area contributed by atoms with Gasteiger partial charge in [0.05, 0.1) is 22.6 Å². The number of halogens is 1. The molecule has 2 heterocycles. The molecular weight excluding hydrogens is 484 g/mol. The summed E-state index contributed by atoms with van der Waals surface area (Å²) in [5.41, 5.74) is 2.68. The number of hydrogen-bond donors (Lipinski definition) is 0. The van der Waals surface area contributed by atoms with E-state index < -0.39 is 0 Å². The summed E-state index contributed by atoms with van der Waals surface area (Å²) in [6, 6.07) is 20.7. The van der Waals surface area contributed by atoms with E-state index in [9.17, 15) is 14.4 Å². The molecule has 0 saturated carbocycles. The second-order valence-electron chi connectivity index (χ2n) is 7.81. The van der Waals surface area contributed by atoms with Crippen LogP contribution in [-0.2, 0) is 6.54 Å². The number of carbonyl (C=O) groups is 3. The Balaban J connectivity index is 1.34. The highest BCUT2D eigenvalue weighted by Gasteiger charge is 2.36. The van der Waals surface area contributed by atoms with Gasteiger partial charge in [-0.15, -0.1) is 10.2 Å². The summed E-state index contributed by atoms with van der Waals surface area (Å²) in [6.07, 6.45) is 0. The second-order valence-corrected chi connectivity index (χ2v) is 9.19. The molecule has 35 heavy (non-hydrogen) atoms. The number of rotatable bonds is 7. The van der Waals surface area contributed by atoms with Gasteiger partial charge in [-0.2, -0.15) is 0 Å². The van der Waals surface area contributed by atoms with E-state index in [1.54, 1.807) is 60.7 Å². The van der Waals surface area contributed by atoms with Gasteiger partial charge in [-0.3, -0.25) is 14.4 Å². The molecule has 1 aliphatic heterocycles. The van der Waals surface area contributed by atoms with Crippen molar-refractivity contribution in [3.05, 3.63) is 94.5 Å². The van der Waals surface area contributed by atoms with Crippen LogP contribution in [0, 0.1) is 0 Å². The lowest BCUT2D eigenvalue weighted by Crippen LogP contribution is -2.29. The summed E-state index contributed by atoms with van der Waals surface area (Å²) in [6.45, 7) is 2.59. The predicted molar refractivity (Wildman–Crippen MR) is 135 cm³/mol. The number of benzene rings is 3. The first-order valence-corrected chi connectivity index (χ1v) is 12.3. The number of thioether (sulfide) groups is 1. The fraction of sp³-hybridized carbons (Fsp3) is 0.115. The highest BCUT2D eigenvalue weighted by Crippen LogP contribution is 2.31. The Bertz CT molecular complexity index is 1410. The van der Waals surface area contributed by atoms with Crippen LogP contribution in [0.15, 0.2) is 78.0 Å². The largest absolute Gasteiger partial charge is 0.302 e. The fourth-order valence-corrected chi connectivity index (χ4v) is 4.95. The van der Waals surface area contributed by atoms with Gasteiger partial charge in [0.1, 0.15) is 0 Å². The van der Waals surface area contributed by atoms with E-state index in [0.717, 1.165) is 5.56 Å². The molecule has 4 aromatic rings. The number of imide groups is 1. The maximum atomic E-state index is 12.8. The number of fused-ring (bicyclic) bond motifs is 1. The zero-order valence-corrected chi connectivity index (χ0v) is 20.2. The molecular formula is C26H19ClN4O3S. The summed E-state index contributed by atoms with van der Waals surface area (Å²) < 4.78 is 1.93. The number of nitrogens with zero attached hydrogens (tertiary/aromatic N) is 4. The number of amides is 2. The van der Waals surface area contributed by atoms with Crippen molar-refractivity contribution in [2.45, 2.75) is 18.6 Å². The van der Waals surface area contributed by atoms with Gasteiger partial charge in [0, 0.05) is 22.7 Å². The average Bonchev–Trinajstić information content (AvgIpc) is 3.41. The van der Waals surface area contributed by atoms with Crippen LogP contribution in [0.1, 0.15) is 38.0 Å². The van der Waals surface area contributed by atoms with Crippen molar-refractivity contribution < 1.29 is 14.4 Å². The van der Waals surface area contributed by atoms with Crippen molar-refractivity contribution >= 4 is 46.6 Å². The van der Waals surface area contributed by atoms with Crippen LogP contribution in [0.4, 0.5) is 5.69 Å². The summed E-state index contributed by atoms with van der Waals surface area (Å²) >= 11 is 7.22. The molecule has 0 aliphatic carbocycles. The number of aromatic nitrogens is 3. The molecule has 0 fully saturated rings. The normalized spacial score (nSPS) is 12.8. The van der Waals surface area contributed by atoms with Crippen LogP contribution >= 0.6 is 23.4 Å². The number of hydrogen-bond acceptors (Lipinski definition) is 6. The van der Waals surface area contributed by atoms with Crippen LogP contribution in [0.5, 0.6) is 0 Å². The van der Waals surface area contributed by atoms with Gasteiger partial charge in [0.25, 0.3) is 11.8 Å². The van der Waals surface area contributed by atoms with E-state index in [-0.39, 0.29) is 23.4 Å². The van der Waals surface area contributed by atoms with Crippen molar-refractivity contribution in [1.82, 2.24) is 14.8 Å². The number of anilines is 1. The zero-order valence-electron chi connectivity index (χ0n) is 18.6. The first kappa shape index (κ1) is 23.0. The molecule has 0 bridgehead atoms. The number of Topliss-reactive ketones (excluding diaryl/α,β-unsaturated/α-hetero) is 1. The van der Waals surface area contributed by atoms with Crippen LogP contribution in [0.3, 0.4) is 0 Å². The lowest BCUT2D eigenvalue weighted by Gasteiger charge is -2.14. The van der Waals surface area contributed by atoms with E-state index in [1.807, 2.05) is 23.6 Å². The Morgan fingerprint density at radius 2 is 1.51 bits per heavy atom. The molecule has 9 heteroatoms. The van der Waals surface area contributed by atoms with Crippen molar-refractivity contribution in [2.75, 3.05) is 10.7 Å². The van der Waals surface area contributed by atoms with Crippen LogP contribution in [-0.4, -0.2) is 38.1 Å². The molecule has 0 saturated heterocycles. The molecule has 0 N–H and O–H groups in total. The Hall–Kier alpha value is -3.75. The quantitative estimate of drug-likeness (QED) is 0.191. The third-order valence-corrected chi connectivity index (χ3v) is 6.93. The minimum atomic E-state index is -0.334. The van der Waals surface area contributed by atoms with Crippen LogP contribution in [0.2, 0.25) is 5.02 Å². The summed E-state index contributed by atoms with van der Waals surface area (Å²) in [7, 11) is 0. The molecule has 174 valence electrons. The molecule has 3 aromatic carbocycles. The molecule has 7 nitrogen and oxygen atoms in total. The van der Waals surface area contributed by atoms with Crippen molar-refractivity contribution in [3.8, 4) is 11.4 Å². The monoisotopic (exact) mass is 502 g/mol. The average molecular weight is 503 g/mol. The van der Waals surface area contributed by atoms with E-state index in [2.05, 4.69) is 10.2 Å². The molecule has 1 aliphatic rings. The van der Waals surface area contributed by atoms with Crippen molar-refractivity contribution in [3.63, 3.8) is 0 Å². The minimum Gasteiger partial charge on any atom is -0.302 e. The topological polar surface area (TPSA) is 85.2 Å². The van der Waals surface area contributed by atoms with E-state index in [4.69, 9.17) is 11.6 Å². The Kier molecular flexibility index (Phi) is 6.23. The summed E-state index contributed by atoms with van der Waals surface area (Å²) in [5.74, 6) is 0.170. The van der Waals surface area contributed by atoms with Gasteiger partial charge in [-0.25, -0.2) is 4.90 Å². The number of ketones is 1. The van der Waals surface area contributed by atoms with Gasteiger partial charge in [-0.1, -0.05) is 35.5 Å². The maximum absolute atomic E-state index is 12.8. The van der Waals surface area contributed by atoms with Crippen LogP contribution < -0.4 is 4.90 Å². The van der Waals surface area contributed by atoms with Crippen molar-refractivity contribution in [2.24, 2.45) is 0 Å². The maximum Gasteiger partial charge on any atom is 0.266 e. The van der Waals surface area contributed by atoms with E-state index in [0.29, 0.717) is 44.9 Å². The Morgan fingerprint density at radius 1 is 0.886 bits per heavy atom. The van der Waals surface area contributed by atoms with Crippen LogP contribution in [0.25, 0.3) is 11.4 Å². The second kappa shape index (κ2) is 9.48. The lowest BCUT2D eigenvalue weighted by molar-refractivity contribution is 0.0925. The van der Waals surface area contributed by atoms with Gasteiger partial charge >= 0.3 is 0 Å². The number of carbonyl (C=O) groups excluding carboxylic acids is 3. The predicted octanol–water partition coefficient (Wildman–Crippen LogP) is 5.39. The molecule has 0 radical (unpaired) electrons. The third-order valence-electron chi connectivity index (χ3n) is 5.71. The molecule has 5 rings (SSSR count). The fourth-order valence-electron chi connectivity index (χ4n) is 3.93. The first-order valence-electron chi connectivity index (χ1n) is 10.9. The highest BCUT2D eigenvalue weighted by molar-refractivity contribution is 7.99. The summed E-state index contributed by atoms with van der Waals surface area (Å²) in [5, 5.41) is 9.82.